The Morgan fingerprint density at radius 1 is 1.15 bits per heavy atom. The Morgan fingerprint density at radius 3 is 2.45 bits per heavy atom. The van der Waals surface area contributed by atoms with Crippen LogP contribution >= 0.6 is 0 Å². The third kappa shape index (κ3) is 6.68. The van der Waals surface area contributed by atoms with Gasteiger partial charge >= 0.3 is 0 Å². The van der Waals surface area contributed by atoms with E-state index in [1.807, 2.05) is 13.0 Å². The molecular formula is C14H27N5O. The van der Waals surface area contributed by atoms with Crippen LogP contribution in [0.1, 0.15) is 26.1 Å². The molecule has 2 N–H and O–H groups in total. The third-order valence-corrected chi connectivity index (χ3v) is 2.65. The molecular weight excluding hydrogens is 254 g/mol. The quantitative estimate of drug-likeness (QED) is 0.638. The van der Waals surface area contributed by atoms with Gasteiger partial charge in [-0.2, -0.15) is 0 Å². The molecule has 0 unspecified atom stereocenters. The summed E-state index contributed by atoms with van der Waals surface area (Å²) in [4.78, 5) is 11.1. The first kappa shape index (κ1) is 16.7. The second-order valence-electron chi connectivity index (χ2n) is 4.81. The Kier molecular flexibility index (Phi) is 7.91. The highest BCUT2D eigenvalue weighted by Gasteiger charge is 2.04. The van der Waals surface area contributed by atoms with Crippen molar-refractivity contribution in [1.82, 2.24) is 14.9 Å². The van der Waals surface area contributed by atoms with E-state index in [0.29, 0.717) is 19.0 Å². The maximum Gasteiger partial charge on any atom is 0.158 e. The molecule has 0 aliphatic rings. The van der Waals surface area contributed by atoms with Crippen LogP contribution in [0.2, 0.25) is 0 Å². The average Bonchev–Trinajstić information content (AvgIpc) is 2.41. The summed E-state index contributed by atoms with van der Waals surface area (Å²) in [6.07, 6.45) is 1.08. The molecule has 0 saturated carbocycles. The van der Waals surface area contributed by atoms with Crippen LogP contribution in [0, 0.1) is 0 Å². The minimum absolute atomic E-state index is 0.447. The number of hydrogen-bond acceptors (Lipinski definition) is 6. The molecule has 0 spiro atoms. The van der Waals surface area contributed by atoms with Gasteiger partial charge < -0.3 is 20.3 Å². The van der Waals surface area contributed by atoms with Gasteiger partial charge in [0.05, 0.1) is 0 Å². The second-order valence-corrected chi connectivity index (χ2v) is 4.81. The van der Waals surface area contributed by atoms with E-state index in [1.54, 1.807) is 0 Å². The molecule has 0 aliphatic carbocycles. The minimum Gasteiger partial charge on any atom is -0.374 e. The Labute approximate surface area is 121 Å². The van der Waals surface area contributed by atoms with Crippen molar-refractivity contribution in [3.8, 4) is 0 Å². The predicted octanol–water partition coefficient (Wildman–Crippen LogP) is 1.81. The van der Waals surface area contributed by atoms with Gasteiger partial charge in [-0.05, 0) is 40.9 Å². The van der Waals surface area contributed by atoms with Gasteiger partial charge in [0.2, 0.25) is 0 Å². The van der Waals surface area contributed by atoms with Gasteiger partial charge in [-0.3, -0.25) is 0 Å². The maximum absolute atomic E-state index is 5.38. The highest BCUT2D eigenvalue weighted by molar-refractivity contribution is 5.47. The summed E-state index contributed by atoms with van der Waals surface area (Å²) >= 11 is 0. The molecule has 6 heteroatoms. The first-order valence-electron chi connectivity index (χ1n) is 7.23. The van der Waals surface area contributed by atoms with Crippen LogP contribution < -0.4 is 10.6 Å². The molecule has 1 rings (SSSR count). The minimum atomic E-state index is 0.447. The van der Waals surface area contributed by atoms with Gasteiger partial charge in [0, 0.05) is 25.8 Å². The highest BCUT2D eigenvalue weighted by atomic mass is 16.5. The Morgan fingerprint density at radius 2 is 1.85 bits per heavy atom. The van der Waals surface area contributed by atoms with E-state index >= 15 is 0 Å². The molecule has 0 aliphatic heterocycles. The number of rotatable bonds is 10. The van der Waals surface area contributed by atoms with Crippen molar-refractivity contribution < 1.29 is 4.74 Å². The van der Waals surface area contributed by atoms with Gasteiger partial charge in [-0.1, -0.05) is 0 Å². The summed E-state index contributed by atoms with van der Waals surface area (Å²) in [5.41, 5.74) is 0. The Bertz CT molecular complexity index is 384. The molecule has 0 amide bonds. The van der Waals surface area contributed by atoms with Crippen molar-refractivity contribution in [2.45, 2.75) is 26.9 Å². The van der Waals surface area contributed by atoms with E-state index in [2.05, 4.69) is 46.5 Å². The first-order valence-corrected chi connectivity index (χ1v) is 7.23. The van der Waals surface area contributed by atoms with Crippen LogP contribution in [0.4, 0.5) is 11.6 Å². The Balaban J connectivity index is 2.60. The van der Waals surface area contributed by atoms with E-state index in [1.165, 1.54) is 0 Å². The smallest absolute Gasteiger partial charge is 0.158 e. The molecule has 0 bridgehead atoms. The van der Waals surface area contributed by atoms with Crippen molar-refractivity contribution >= 4 is 11.6 Å². The monoisotopic (exact) mass is 281 g/mol. The van der Waals surface area contributed by atoms with E-state index < -0.39 is 0 Å². The number of hydrogen-bond donors (Lipinski definition) is 2. The summed E-state index contributed by atoms with van der Waals surface area (Å²) in [6.45, 7) is 7.93. The number of nitrogens with zero attached hydrogens (tertiary/aromatic N) is 3. The zero-order valence-corrected chi connectivity index (χ0v) is 13.1. The van der Waals surface area contributed by atoms with Crippen LogP contribution in [0.15, 0.2) is 6.07 Å². The van der Waals surface area contributed by atoms with Crippen molar-refractivity contribution in [1.29, 1.82) is 0 Å². The lowest BCUT2D eigenvalue weighted by Gasteiger charge is -2.12. The van der Waals surface area contributed by atoms with Crippen molar-refractivity contribution in [3.05, 3.63) is 11.9 Å². The fourth-order valence-corrected chi connectivity index (χ4v) is 1.73. The summed E-state index contributed by atoms with van der Waals surface area (Å²) in [5, 5.41) is 6.56. The first-order chi connectivity index (χ1) is 9.65. The van der Waals surface area contributed by atoms with Crippen molar-refractivity contribution in [2.24, 2.45) is 0 Å². The lowest BCUT2D eigenvalue weighted by Crippen LogP contribution is -2.17. The summed E-state index contributed by atoms with van der Waals surface area (Å²) in [7, 11) is 4.16. The zero-order valence-electron chi connectivity index (χ0n) is 13.1. The van der Waals surface area contributed by atoms with Gasteiger partial charge in [-0.15, -0.1) is 0 Å². The molecule has 0 fully saturated rings. The lowest BCUT2D eigenvalue weighted by atomic mass is 10.4. The Hall–Kier alpha value is -1.40. The standard InChI is InChI=1S/C14H27N5O/c1-5-15-12-10-13(16-8-7-9-19(3)4)18-14(17-12)11-20-6-2/h10H,5-9,11H2,1-4H3,(H2,15,16,17,18). The largest absolute Gasteiger partial charge is 0.374 e. The lowest BCUT2D eigenvalue weighted by molar-refractivity contribution is 0.128. The van der Waals surface area contributed by atoms with E-state index in [-0.39, 0.29) is 0 Å². The average molecular weight is 281 g/mol. The SMILES string of the molecule is CCNc1cc(NCCCN(C)C)nc(COCC)n1. The molecule has 0 atom stereocenters. The third-order valence-electron chi connectivity index (χ3n) is 2.65. The molecule has 6 nitrogen and oxygen atoms in total. The highest BCUT2D eigenvalue weighted by Crippen LogP contribution is 2.12. The van der Waals surface area contributed by atoms with Crippen LogP contribution in [-0.4, -0.2) is 55.2 Å². The number of anilines is 2. The van der Waals surface area contributed by atoms with Gasteiger partial charge in [0.1, 0.15) is 18.2 Å². The van der Waals surface area contributed by atoms with Crippen LogP contribution in [0.5, 0.6) is 0 Å². The number of ether oxygens (including phenoxy) is 1. The fraction of sp³-hybridized carbons (Fsp3) is 0.714. The molecule has 20 heavy (non-hydrogen) atoms. The molecule has 114 valence electrons. The van der Waals surface area contributed by atoms with Gasteiger partial charge in [0.15, 0.2) is 5.82 Å². The summed E-state index contributed by atoms with van der Waals surface area (Å²) in [6, 6.07) is 1.94. The molecule has 0 saturated heterocycles. The van der Waals surface area contributed by atoms with Crippen LogP contribution in [0.3, 0.4) is 0 Å². The number of nitrogens with one attached hydrogen (secondary N) is 2. The van der Waals surface area contributed by atoms with E-state index in [9.17, 15) is 0 Å². The maximum atomic E-state index is 5.38. The van der Waals surface area contributed by atoms with Gasteiger partial charge in [-0.25, -0.2) is 9.97 Å². The molecule has 1 aromatic rings. The topological polar surface area (TPSA) is 62.3 Å². The normalized spacial score (nSPS) is 10.8. The van der Waals surface area contributed by atoms with Crippen molar-refractivity contribution in [2.75, 3.05) is 51.0 Å². The summed E-state index contributed by atoms with van der Waals surface area (Å²) < 4.78 is 5.38. The molecule has 0 radical (unpaired) electrons. The van der Waals surface area contributed by atoms with Crippen molar-refractivity contribution in [3.63, 3.8) is 0 Å². The molecule has 1 aromatic heterocycles. The molecule has 0 aromatic carbocycles. The predicted molar refractivity (Wildman–Crippen MR) is 83.2 cm³/mol. The number of aromatic nitrogens is 2. The van der Waals surface area contributed by atoms with Crippen LogP contribution in [-0.2, 0) is 11.3 Å². The summed E-state index contributed by atoms with van der Waals surface area (Å²) in [5.74, 6) is 2.40. The van der Waals surface area contributed by atoms with Gasteiger partial charge in [0.25, 0.3) is 0 Å². The van der Waals surface area contributed by atoms with E-state index in [4.69, 9.17) is 4.74 Å². The van der Waals surface area contributed by atoms with Crippen LogP contribution in [0.25, 0.3) is 0 Å². The van der Waals surface area contributed by atoms with E-state index in [0.717, 1.165) is 37.7 Å². The second kappa shape index (κ2) is 9.50. The fourth-order valence-electron chi connectivity index (χ4n) is 1.73. The zero-order chi connectivity index (χ0) is 14.8. The molecule has 1 heterocycles.